The molecule has 0 spiro atoms. The number of para-hydroxylation sites is 1. The Morgan fingerprint density at radius 2 is 0.806 bits per heavy atom. The van der Waals surface area contributed by atoms with E-state index in [1.807, 2.05) is 12.1 Å². The van der Waals surface area contributed by atoms with Crippen LogP contribution in [-0.4, -0.2) is 19.5 Å². The molecule has 16 rings (SSSR count). The zero-order valence-electron chi connectivity index (χ0n) is 38.3. The minimum absolute atomic E-state index is 0.597. The quantitative estimate of drug-likeness (QED) is 0.172. The molecule has 72 heavy (non-hydrogen) atoms. The van der Waals surface area contributed by atoms with E-state index in [4.69, 9.17) is 19.4 Å². The lowest BCUT2D eigenvalue weighted by atomic mass is 9.98. The summed E-state index contributed by atoms with van der Waals surface area (Å²) < 4.78 is 13.9. The zero-order chi connectivity index (χ0) is 47.0. The van der Waals surface area contributed by atoms with Crippen LogP contribution < -0.4 is 0 Å². The third-order valence-corrected chi connectivity index (χ3v) is 16.9. The molecule has 11 aromatic carbocycles. The van der Waals surface area contributed by atoms with Crippen LogP contribution in [0, 0.1) is 0 Å². The average molecular weight is 953 g/mol. The largest absolute Gasteiger partial charge is 0.456 e. The maximum Gasteiger partial charge on any atom is 0.164 e. The van der Waals surface area contributed by atoms with Crippen molar-refractivity contribution in [3.63, 3.8) is 0 Å². The molecule has 5 heterocycles. The van der Waals surface area contributed by atoms with Crippen molar-refractivity contribution < 1.29 is 4.42 Å². The Hall–Kier alpha value is -9.01. The molecule has 0 unspecified atom stereocenters. The lowest BCUT2D eigenvalue weighted by Crippen LogP contribution is -2.02. The second-order valence-corrected chi connectivity index (χ2v) is 20.8. The van der Waals surface area contributed by atoms with Crippen molar-refractivity contribution >= 4 is 128 Å². The van der Waals surface area contributed by atoms with E-state index < -0.39 is 0 Å². The van der Waals surface area contributed by atoms with Crippen LogP contribution in [0.4, 0.5) is 0 Å². The fraction of sp³-hybridized carbons (Fsp3) is 0. The molecule has 0 aliphatic heterocycles. The Balaban J connectivity index is 0.999. The van der Waals surface area contributed by atoms with E-state index >= 15 is 0 Å². The fourth-order valence-electron chi connectivity index (χ4n) is 11.3. The summed E-state index contributed by atoms with van der Waals surface area (Å²) in [5, 5.41) is 14.1. The van der Waals surface area contributed by atoms with Crippen LogP contribution in [0.3, 0.4) is 0 Å². The molecule has 0 fully saturated rings. The van der Waals surface area contributed by atoms with Crippen LogP contribution in [0.5, 0.6) is 0 Å². The van der Waals surface area contributed by atoms with Crippen LogP contribution in [-0.2, 0) is 0 Å². The Morgan fingerprint density at radius 3 is 1.42 bits per heavy atom. The molecule has 5 nitrogen and oxygen atoms in total. The predicted octanol–water partition coefficient (Wildman–Crippen LogP) is 18.6. The molecule has 0 bridgehead atoms. The fourth-order valence-corrected chi connectivity index (χ4v) is 13.6. The number of hydrogen-bond acceptors (Lipinski definition) is 6. The van der Waals surface area contributed by atoms with E-state index in [1.54, 1.807) is 22.7 Å². The number of aromatic nitrogens is 4. The Kier molecular flexibility index (Phi) is 8.43. The van der Waals surface area contributed by atoms with Gasteiger partial charge in [0.05, 0.1) is 16.7 Å². The van der Waals surface area contributed by atoms with Crippen molar-refractivity contribution in [1.29, 1.82) is 0 Å². The van der Waals surface area contributed by atoms with Crippen molar-refractivity contribution in [2.24, 2.45) is 0 Å². The second-order valence-electron chi connectivity index (χ2n) is 18.7. The highest BCUT2D eigenvalue weighted by molar-refractivity contribution is 7.26. The van der Waals surface area contributed by atoms with Gasteiger partial charge < -0.3 is 8.98 Å². The first-order valence-electron chi connectivity index (χ1n) is 24.1. The first-order valence-corrected chi connectivity index (χ1v) is 25.8. The van der Waals surface area contributed by atoms with Gasteiger partial charge >= 0.3 is 0 Å². The van der Waals surface area contributed by atoms with E-state index in [1.165, 1.54) is 61.9 Å². The number of fused-ring (bicyclic) bond motifs is 14. The first-order chi connectivity index (χ1) is 35.6. The van der Waals surface area contributed by atoms with Crippen LogP contribution in [0.1, 0.15) is 0 Å². The smallest absolute Gasteiger partial charge is 0.164 e. The van der Waals surface area contributed by atoms with Gasteiger partial charge in [-0.05, 0) is 112 Å². The summed E-state index contributed by atoms with van der Waals surface area (Å²) in [5.41, 5.74) is 9.90. The summed E-state index contributed by atoms with van der Waals surface area (Å²) in [7, 11) is 0. The van der Waals surface area contributed by atoms with Crippen molar-refractivity contribution in [3.8, 4) is 51.0 Å². The van der Waals surface area contributed by atoms with Crippen molar-refractivity contribution in [1.82, 2.24) is 19.5 Å². The van der Waals surface area contributed by atoms with Crippen LogP contribution in [0.25, 0.3) is 157 Å². The SMILES string of the molecule is c1ccc2cc3c(cc2c1)c1cc2ccccc2cc1n3-c1ccc(-c2nc(-c3cccc4sc5ccccc5c34)nc(-c3cccc4sc5ccccc5c34)n2)cc1-c1ccc2c(c1)oc1ccccc12. The first kappa shape index (κ1) is 39.8. The highest BCUT2D eigenvalue weighted by atomic mass is 32.1. The number of benzene rings is 11. The van der Waals surface area contributed by atoms with Crippen molar-refractivity contribution in [2.75, 3.05) is 0 Å². The monoisotopic (exact) mass is 952 g/mol. The summed E-state index contributed by atoms with van der Waals surface area (Å²) in [6, 6.07) is 78.7. The molecular weight excluding hydrogens is 917 g/mol. The van der Waals surface area contributed by atoms with Crippen LogP contribution in [0.15, 0.2) is 223 Å². The second kappa shape index (κ2) is 15.2. The minimum atomic E-state index is 0.597. The zero-order valence-corrected chi connectivity index (χ0v) is 39.9. The molecule has 7 heteroatoms. The van der Waals surface area contributed by atoms with Gasteiger partial charge in [-0.1, -0.05) is 133 Å². The van der Waals surface area contributed by atoms with Gasteiger partial charge in [0.25, 0.3) is 0 Å². The van der Waals surface area contributed by atoms with E-state index in [-0.39, 0.29) is 0 Å². The molecule has 0 aliphatic carbocycles. The molecule has 0 atom stereocenters. The standard InChI is InChI=1S/C65H36N4OS2/c1-3-15-39-34-53-50(31-37(39)13-1)51-32-38-14-2-4-16-40(38)35-54(51)69(53)52-30-28-42(33-49(52)41-27-29-44-43-17-5-8-22-55(43)70-56(44)36-41)63-66-64(47-20-11-25-59-61(47)45-18-6-9-23-57(45)71-59)68-65(67-63)48-21-12-26-60-62(48)46-19-7-10-24-58(46)72-60/h1-36H. The van der Waals surface area contributed by atoms with Crippen molar-refractivity contribution in [3.05, 3.63) is 218 Å². The van der Waals surface area contributed by atoms with Gasteiger partial charge in [-0.2, -0.15) is 0 Å². The van der Waals surface area contributed by atoms with Crippen molar-refractivity contribution in [2.45, 2.75) is 0 Å². The topological polar surface area (TPSA) is 56.7 Å². The average Bonchev–Trinajstić information content (AvgIpc) is 4.20. The highest BCUT2D eigenvalue weighted by Gasteiger charge is 2.23. The summed E-state index contributed by atoms with van der Waals surface area (Å²) in [5.74, 6) is 1.87. The molecule has 0 amide bonds. The summed E-state index contributed by atoms with van der Waals surface area (Å²) in [6.45, 7) is 0. The molecule has 0 aliphatic rings. The van der Waals surface area contributed by atoms with Gasteiger partial charge in [0, 0.05) is 84.1 Å². The number of rotatable bonds is 5. The number of thiophene rings is 2. The van der Waals surface area contributed by atoms with E-state index in [0.29, 0.717) is 17.5 Å². The number of furan rings is 1. The Morgan fingerprint density at radius 1 is 0.319 bits per heavy atom. The van der Waals surface area contributed by atoms with Crippen LogP contribution >= 0.6 is 22.7 Å². The predicted molar refractivity (Wildman–Crippen MR) is 304 cm³/mol. The summed E-state index contributed by atoms with van der Waals surface area (Å²) in [6.07, 6.45) is 0. The van der Waals surface area contributed by atoms with Gasteiger partial charge in [-0.3, -0.25) is 0 Å². The number of nitrogens with zero attached hydrogens (tertiary/aromatic N) is 4. The normalized spacial score (nSPS) is 12.2. The van der Waals surface area contributed by atoms with Gasteiger partial charge in [0.2, 0.25) is 0 Å². The molecular formula is C65H36N4OS2. The lowest BCUT2D eigenvalue weighted by molar-refractivity contribution is 0.669. The molecule has 0 saturated carbocycles. The summed E-state index contributed by atoms with van der Waals surface area (Å²) >= 11 is 3.60. The van der Waals surface area contributed by atoms with E-state index in [2.05, 4.69) is 211 Å². The third kappa shape index (κ3) is 5.95. The maximum absolute atomic E-state index is 6.61. The van der Waals surface area contributed by atoms with Gasteiger partial charge in [-0.25, -0.2) is 15.0 Å². The summed E-state index contributed by atoms with van der Waals surface area (Å²) in [4.78, 5) is 16.5. The maximum atomic E-state index is 6.61. The van der Waals surface area contributed by atoms with Gasteiger partial charge in [-0.15, -0.1) is 22.7 Å². The molecule has 5 aromatic heterocycles. The molecule has 334 valence electrons. The molecule has 16 aromatic rings. The number of hydrogen-bond donors (Lipinski definition) is 0. The van der Waals surface area contributed by atoms with E-state index in [0.717, 1.165) is 77.2 Å². The van der Waals surface area contributed by atoms with Gasteiger partial charge in [0.1, 0.15) is 11.2 Å². The van der Waals surface area contributed by atoms with Gasteiger partial charge in [0.15, 0.2) is 17.5 Å². The highest BCUT2D eigenvalue weighted by Crippen LogP contribution is 2.45. The minimum Gasteiger partial charge on any atom is -0.456 e. The molecule has 0 radical (unpaired) electrons. The third-order valence-electron chi connectivity index (χ3n) is 14.6. The van der Waals surface area contributed by atoms with Crippen LogP contribution in [0.2, 0.25) is 0 Å². The molecule has 0 saturated heterocycles. The lowest BCUT2D eigenvalue weighted by Gasteiger charge is -2.17. The molecule has 0 N–H and O–H groups in total. The van der Waals surface area contributed by atoms with E-state index in [9.17, 15) is 0 Å². The Bertz CT molecular complexity index is 4730. The Labute approximate surface area is 419 Å².